The molecule has 6 nitrogen and oxygen atoms in total. The van der Waals surface area contributed by atoms with Gasteiger partial charge in [0.05, 0.1) is 11.5 Å². The quantitative estimate of drug-likeness (QED) is 0.742. The molecule has 2 amide bonds. The molecule has 2 fully saturated rings. The lowest BCUT2D eigenvalue weighted by molar-refractivity contribution is -0.124. The van der Waals surface area contributed by atoms with Crippen LogP contribution in [-0.4, -0.2) is 16.8 Å². The van der Waals surface area contributed by atoms with Crippen LogP contribution in [0.1, 0.15) is 50.5 Å². The fourth-order valence-electron chi connectivity index (χ4n) is 4.49. The van der Waals surface area contributed by atoms with E-state index in [1.807, 2.05) is 6.07 Å². The van der Waals surface area contributed by atoms with Crippen molar-refractivity contribution in [1.29, 1.82) is 5.26 Å². The predicted octanol–water partition coefficient (Wildman–Crippen LogP) is 4.55. The number of rotatable bonds is 5. The molecular formula is C24H25FN4O2. The predicted molar refractivity (Wildman–Crippen MR) is 114 cm³/mol. The molecule has 1 unspecified atom stereocenters. The fraction of sp³-hybridized carbons (Fsp3) is 0.417. The SMILES string of the molecule is N#CC1CCC[C@@H](C(=O)Nc2ccc(C3(C(=O)Nc4ccc(F)cc4)CCC3)cn2)C1. The summed E-state index contributed by atoms with van der Waals surface area (Å²) in [5.41, 5.74) is 0.698. The van der Waals surface area contributed by atoms with Gasteiger partial charge >= 0.3 is 0 Å². The second-order valence-corrected chi connectivity index (χ2v) is 8.51. The first-order valence-electron chi connectivity index (χ1n) is 10.7. The summed E-state index contributed by atoms with van der Waals surface area (Å²) in [7, 11) is 0. The summed E-state index contributed by atoms with van der Waals surface area (Å²) in [6, 6.07) is 11.5. The lowest BCUT2D eigenvalue weighted by atomic mass is 9.64. The molecule has 2 atom stereocenters. The van der Waals surface area contributed by atoms with Gasteiger partial charge in [0, 0.05) is 23.7 Å². The molecule has 2 aliphatic carbocycles. The molecule has 2 saturated carbocycles. The van der Waals surface area contributed by atoms with Gasteiger partial charge in [0.25, 0.3) is 0 Å². The van der Waals surface area contributed by atoms with Crippen LogP contribution in [-0.2, 0) is 15.0 Å². The van der Waals surface area contributed by atoms with Crippen molar-refractivity contribution in [3.05, 3.63) is 54.0 Å². The van der Waals surface area contributed by atoms with Gasteiger partial charge in [-0.05, 0) is 68.0 Å². The number of nitrogens with one attached hydrogen (secondary N) is 2. The molecule has 0 radical (unpaired) electrons. The standard InChI is InChI=1S/C24H25FN4O2/c25-19-6-8-20(9-7-19)28-23(31)24(11-2-12-24)18-5-10-21(27-15-18)29-22(30)17-4-1-3-16(13-17)14-26/h5-10,15-17H,1-4,11-13H2,(H,28,31)(H,27,29,30)/t16?,17-/m1/s1. The topological polar surface area (TPSA) is 94.9 Å². The zero-order valence-electron chi connectivity index (χ0n) is 17.2. The van der Waals surface area contributed by atoms with E-state index in [0.29, 0.717) is 30.8 Å². The number of nitriles is 1. The van der Waals surface area contributed by atoms with E-state index in [0.717, 1.165) is 31.2 Å². The molecule has 2 N–H and O–H groups in total. The molecule has 31 heavy (non-hydrogen) atoms. The average molecular weight is 420 g/mol. The number of pyridine rings is 1. The second kappa shape index (κ2) is 8.84. The monoisotopic (exact) mass is 420 g/mol. The van der Waals surface area contributed by atoms with Crippen LogP contribution in [0.15, 0.2) is 42.6 Å². The lowest BCUT2D eigenvalue weighted by Crippen LogP contribution is -2.46. The first-order chi connectivity index (χ1) is 15.0. The van der Waals surface area contributed by atoms with Gasteiger partial charge in [-0.25, -0.2) is 9.37 Å². The van der Waals surface area contributed by atoms with Crippen LogP contribution < -0.4 is 10.6 Å². The summed E-state index contributed by atoms with van der Waals surface area (Å²) in [5, 5.41) is 14.9. The van der Waals surface area contributed by atoms with Gasteiger partial charge in [0.1, 0.15) is 11.6 Å². The Bertz CT molecular complexity index is 994. The minimum Gasteiger partial charge on any atom is -0.325 e. The molecule has 0 saturated heterocycles. The third kappa shape index (κ3) is 4.43. The molecular weight excluding hydrogens is 395 g/mol. The molecule has 160 valence electrons. The Morgan fingerprint density at radius 2 is 1.84 bits per heavy atom. The number of halogens is 1. The van der Waals surface area contributed by atoms with Crippen molar-refractivity contribution in [2.75, 3.05) is 10.6 Å². The molecule has 7 heteroatoms. The third-order valence-electron chi connectivity index (χ3n) is 6.54. The maximum absolute atomic E-state index is 13.1. The van der Waals surface area contributed by atoms with E-state index >= 15 is 0 Å². The van der Waals surface area contributed by atoms with E-state index in [-0.39, 0.29) is 29.5 Å². The van der Waals surface area contributed by atoms with E-state index < -0.39 is 5.41 Å². The number of aromatic nitrogens is 1. The highest BCUT2D eigenvalue weighted by Crippen LogP contribution is 2.44. The molecule has 2 aromatic rings. The van der Waals surface area contributed by atoms with E-state index in [2.05, 4.69) is 21.7 Å². The Morgan fingerprint density at radius 1 is 1.06 bits per heavy atom. The Balaban J connectivity index is 1.42. The minimum absolute atomic E-state index is 0.0575. The van der Waals surface area contributed by atoms with Gasteiger partial charge in [0.2, 0.25) is 11.8 Å². The zero-order chi connectivity index (χ0) is 21.8. The van der Waals surface area contributed by atoms with E-state index in [9.17, 15) is 14.0 Å². The minimum atomic E-state index is -0.659. The average Bonchev–Trinajstić information content (AvgIpc) is 2.76. The van der Waals surface area contributed by atoms with Crippen LogP contribution >= 0.6 is 0 Å². The Morgan fingerprint density at radius 3 is 2.45 bits per heavy atom. The van der Waals surface area contributed by atoms with Crippen molar-refractivity contribution in [3.8, 4) is 6.07 Å². The summed E-state index contributed by atoms with van der Waals surface area (Å²) in [4.78, 5) is 29.9. The maximum Gasteiger partial charge on any atom is 0.235 e. The summed E-state index contributed by atoms with van der Waals surface area (Å²) in [6.07, 6.45) is 7.14. The van der Waals surface area contributed by atoms with Gasteiger partial charge < -0.3 is 10.6 Å². The van der Waals surface area contributed by atoms with Crippen LogP contribution in [0.2, 0.25) is 0 Å². The van der Waals surface area contributed by atoms with Gasteiger partial charge in [-0.2, -0.15) is 5.26 Å². The first kappa shape index (κ1) is 21.0. The number of hydrogen-bond acceptors (Lipinski definition) is 4. The van der Waals surface area contributed by atoms with Crippen LogP contribution in [0.4, 0.5) is 15.9 Å². The summed E-state index contributed by atoms with van der Waals surface area (Å²) >= 11 is 0. The van der Waals surface area contributed by atoms with Gasteiger partial charge in [0.15, 0.2) is 0 Å². The summed E-state index contributed by atoms with van der Waals surface area (Å²) in [5.74, 6) is -0.366. The van der Waals surface area contributed by atoms with Gasteiger partial charge in [-0.1, -0.05) is 18.9 Å². The van der Waals surface area contributed by atoms with Crippen LogP contribution in [0.25, 0.3) is 0 Å². The lowest BCUT2D eigenvalue weighted by Gasteiger charge is -2.40. The molecule has 1 aromatic heterocycles. The smallest absolute Gasteiger partial charge is 0.235 e. The molecule has 1 heterocycles. The number of anilines is 2. The van der Waals surface area contributed by atoms with Crippen molar-refractivity contribution in [2.45, 2.75) is 50.4 Å². The van der Waals surface area contributed by atoms with E-state index in [1.54, 1.807) is 24.4 Å². The molecule has 1 aromatic carbocycles. The summed E-state index contributed by atoms with van der Waals surface area (Å²) in [6.45, 7) is 0. The van der Waals surface area contributed by atoms with Crippen molar-refractivity contribution in [1.82, 2.24) is 4.98 Å². The number of benzene rings is 1. The second-order valence-electron chi connectivity index (χ2n) is 8.51. The molecule has 0 aliphatic heterocycles. The van der Waals surface area contributed by atoms with Crippen molar-refractivity contribution < 1.29 is 14.0 Å². The van der Waals surface area contributed by atoms with Crippen LogP contribution in [0.5, 0.6) is 0 Å². The summed E-state index contributed by atoms with van der Waals surface area (Å²) < 4.78 is 13.1. The fourth-order valence-corrected chi connectivity index (χ4v) is 4.49. The van der Waals surface area contributed by atoms with Crippen molar-refractivity contribution in [2.24, 2.45) is 11.8 Å². The highest BCUT2D eigenvalue weighted by molar-refractivity contribution is 6.00. The van der Waals surface area contributed by atoms with Crippen LogP contribution in [0.3, 0.4) is 0 Å². The number of carbonyl (C=O) groups is 2. The molecule has 2 aliphatic rings. The number of carbonyl (C=O) groups excluding carboxylic acids is 2. The third-order valence-corrected chi connectivity index (χ3v) is 6.54. The largest absolute Gasteiger partial charge is 0.325 e. The van der Waals surface area contributed by atoms with Crippen molar-refractivity contribution in [3.63, 3.8) is 0 Å². The first-order valence-corrected chi connectivity index (χ1v) is 10.7. The number of hydrogen-bond donors (Lipinski definition) is 2. The van der Waals surface area contributed by atoms with Gasteiger partial charge in [-0.3, -0.25) is 9.59 Å². The molecule has 4 rings (SSSR count). The van der Waals surface area contributed by atoms with E-state index in [4.69, 9.17) is 5.26 Å². The number of nitrogens with zero attached hydrogens (tertiary/aromatic N) is 2. The Labute approximate surface area is 180 Å². The van der Waals surface area contributed by atoms with Crippen LogP contribution in [0, 0.1) is 29.0 Å². The zero-order valence-corrected chi connectivity index (χ0v) is 17.2. The maximum atomic E-state index is 13.1. The van der Waals surface area contributed by atoms with Crippen molar-refractivity contribution >= 4 is 23.3 Å². The van der Waals surface area contributed by atoms with E-state index in [1.165, 1.54) is 12.1 Å². The highest BCUT2D eigenvalue weighted by Gasteiger charge is 2.46. The molecule has 0 bridgehead atoms. The molecule has 0 spiro atoms. The highest BCUT2D eigenvalue weighted by atomic mass is 19.1. The number of amides is 2. The van der Waals surface area contributed by atoms with Gasteiger partial charge in [-0.15, -0.1) is 0 Å². The Hall–Kier alpha value is -3.27. The Kier molecular flexibility index (Phi) is 5.99. The normalized spacial score (nSPS) is 21.9.